The van der Waals surface area contributed by atoms with Crippen molar-refractivity contribution >= 4 is 56.0 Å². The molecule has 2 saturated carbocycles. The second kappa shape index (κ2) is 12.0. The Balaban J connectivity index is 1.29. The van der Waals surface area contributed by atoms with Crippen molar-refractivity contribution in [2.75, 3.05) is 0 Å². The lowest BCUT2D eigenvalue weighted by atomic mass is 9.80. The third-order valence-electron chi connectivity index (χ3n) is 8.86. The van der Waals surface area contributed by atoms with E-state index in [1.807, 2.05) is 0 Å². The predicted molar refractivity (Wildman–Crippen MR) is 158 cm³/mol. The molecule has 2 aliphatic carbocycles. The highest BCUT2D eigenvalue weighted by molar-refractivity contribution is 7.22. The molecule has 2 fully saturated rings. The lowest BCUT2D eigenvalue weighted by Crippen LogP contribution is -2.28. The Hall–Kier alpha value is -3.92. The first-order valence-electron chi connectivity index (χ1n) is 14.7. The lowest BCUT2D eigenvalue weighted by molar-refractivity contribution is -0.141. The predicted octanol–water partition coefficient (Wildman–Crippen LogP) is 7.45. The molecule has 0 saturated heterocycles. The van der Waals surface area contributed by atoms with Gasteiger partial charge in [0, 0.05) is 23.3 Å². The van der Waals surface area contributed by atoms with Crippen LogP contribution in [0.25, 0.3) is 32.0 Å². The van der Waals surface area contributed by atoms with Crippen LogP contribution in [0.5, 0.6) is 11.5 Å². The first-order chi connectivity index (χ1) is 20.7. The van der Waals surface area contributed by atoms with Gasteiger partial charge in [0.15, 0.2) is 22.3 Å². The third kappa shape index (κ3) is 6.11. The van der Waals surface area contributed by atoms with Gasteiger partial charge in [0.25, 0.3) is 0 Å². The zero-order valence-electron chi connectivity index (χ0n) is 24.0. The summed E-state index contributed by atoms with van der Waals surface area (Å²) in [6.07, 6.45) is 4.93. The minimum atomic E-state index is -0.421. The van der Waals surface area contributed by atoms with E-state index in [1.54, 1.807) is 38.1 Å². The first-order valence-corrected chi connectivity index (χ1v) is 15.5. The number of rotatable bonds is 7. The summed E-state index contributed by atoms with van der Waals surface area (Å²) in [6, 6.07) is 9.20. The maximum absolute atomic E-state index is 13.8. The molecule has 0 unspecified atom stereocenters. The third-order valence-corrected chi connectivity index (χ3v) is 9.94. The average Bonchev–Trinajstić information content (AvgIpc) is 3.63. The van der Waals surface area contributed by atoms with Crippen molar-refractivity contribution in [1.29, 1.82) is 0 Å². The summed E-state index contributed by atoms with van der Waals surface area (Å²) in [5, 5.41) is 1.16. The van der Waals surface area contributed by atoms with Crippen LogP contribution in [0.1, 0.15) is 65.2 Å². The highest BCUT2D eigenvalue weighted by Crippen LogP contribution is 2.43. The Kier molecular flexibility index (Phi) is 8.13. The molecule has 43 heavy (non-hydrogen) atoms. The van der Waals surface area contributed by atoms with Gasteiger partial charge in [0.2, 0.25) is 0 Å². The highest BCUT2D eigenvalue weighted by atomic mass is 32.1. The number of ether oxygens (including phenoxy) is 2. The molecule has 0 amide bonds. The number of carbonyl (C=O) groups is 4. The van der Waals surface area contributed by atoms with Gasteiger partial charge in [-0.3, -0.25) is 19.2 Å². The highest BCUT2D eigenvalue weighted by Gasteiger charge is 2.32. The molecule has 8 nitrogen and oxygen atoms in total. The normalized spacial score (nSPS) is 22.4. The van der Waals surface area contributed by atoms with E-state index in [2.05, 4.69) is 0 Å². The van der Waals surface area contributed by atoms with Crippen LogP contribution in [0, 0.1) is 29.5 Å². The van der Waals surface area contributed by atoms with E-state index in [1.165, 1.54) is 23.5 Å². The number of carbonyl (C=O) groups excluding carboxylic acids is 4. The van der Waals surface area contributed by atoms with Crippen LogP contribution in [0.2, 0.25) is 0 Å². The quantitative estimate of drug-likeness (QED) is 0.158. The zero-order valence-corrected chi connectivity index (χ0v) is 24.8. The van der Waals surface area contributed by atoms with Crippen molar-refractivity contribution in [2.45, 2.75) is 65.2 Å². The number of Topliss-reactive ketones (excluding diaryl/α,β-unsaturated/α-hetero) is 2. The van der Waals surface area contributed by atoms with Crippen molar-refractivity contribution in [3.05, 3.63) is 42.2 Å². The zero-order chi connectivity index (χ0) is 30.2. The number of ketones is 2. The van der Waals surface area contributed by atoms with Crippen LogP contribution < -0.4 is 9.47 Å². The smallest absolute Gasteiger partial charge is 0.314 e. The van der Waals surface area contributed by atoms with Crippen LogP contribution in [-0.2, 0) is 19.2 Å². The fourth-order valence-electron chi connectivity index (χ4n) is 6.19. The molecule has 2 heterocycles. The number of halogens is 1. The van der Waals surface area contributed by atoms with Crippen LogP contribution in [0.15, 0.2) is 40.8 Å². The summed E-state index contributed by atoms with van der Waals surface area (Å²) in [5.74, 6) is -0.607. The number of thiazole rings is 1. The number of benzene rings is 2. The molecule has 2 aliphatic rings. The van der Waals surface area contributed by atoms with Crippen molar-refractivity contribution < 1.29 is 37.5 Å². The Morgan fingerprint density at radius 1 is 0.767 bits per heavy atom. The van der Waals surface area contributed by atoms with Crippen LogP contribution in [0.3, 0.4) is 0 Å². The van der Waals surface area contributed by atoms with Gasteiger partial charge in [0.05, 0.1) is 11.8 Å². The van der Waals surface area contributed by atoms with Gasteiger partial charge in [0.1, 0.15) is 33.2 Å². The fraction of sp³-hybridized carbons (Fsp3) is 0.424. The maximum Gasteiger partial charge on any atom is 0.314 e. The topological polar surface area (TPSA) is 113 Å². The van der Waals surface area contributed by atoms with E-state index < -0.39 is 5.82 Å². The van der Waals surface area contributed by atoms with E-state index in [-0.39, 0.29) is 52.9 Å². The second-order valence-corrected chi connectivity index (χ2v) is 12.7. The fourth-order valence-corrected chi connectivity index (χ4v) is 7.18. The molecule has 0 atom stereocenters. The molecule has 0 spiro atoms. The van der Waals surface area contributed by atoms with Gasteiger partial charge in [-0.05, 0) is 95.5 Å². The van der Waals surface area contributed by atoms with E-state index in [9.17, 15) is 23.6 Å². The Morgan fingerprint density at radius 3 is 1.88 bits per heavy atom. The average molecular weight is 606 g/mol. The molecule has 0 bridgehead atoms. The molecule has 0 aliphatic heterocycles. The van der Waals surface area contributed by atoms with E-state index in [0.717, 1.165) is 0 Å². The number of esters is 2. The summed E-state index contributed by atoms with van der Waals surface area (Å²) in [5.41, 5.74) is 0.720. The number of hydrogen-bond donors (Lipinski definition) is 0. The number of aromatic nitrogens is 1. The SMILES string of the molecule is CC(=O)C1CCC(C(=O)Oc2ccc(OC(=O)C3CCC(C(C)=O)CC3)c3sc(-c4cc5ccc(F)cc5o4)nc23)CC1. The maximum atomic E-state index is 13.8. The largest absolute Gasteiger partial charge is 0.453 e. The molecule has 6 rings (SSSR count). The molecule has 224 valence electrons. The number of furan rings is 1. The van der Waals surface area contributed by atoms with Crippen molar-refractivity contribution in [2.24, 2.45) is 23.7 Å². The minimum absolute atomic E-state index is 0.0106. The number of nitrogens with zero attached hydrogens (tertiary/aromatic N) is 1. The molecule has 0 N–H and O–H groups in total. The van der Waals surface area contributed by atoms with Crippen LogP contribution in [0.4, 0.5) is 4.39 Å². The summed E-state index contributed by atoms with van der Waals surface area (Å²) in [7, 11) is 0. The first kappa shape index (κ1) is 29.2. The Morgan fingerprint density at radius 2 is 1.30 bits per heavy atom. The summed E-state index contributed by atoms with van der Waals surface area (Å²) >= 11 is 1.22. The van der Waals surface area contributed by atoms with Gasteiger partial charge in [-0.15, -0.1) is 11.3 Å². The standard InChI is InChI=1S/C33H32FNO7S/c1-17(36)19-3-7-21(8-4-19)32(38)41-25-13-14-26(42-33(39)22-9-5-20(6-10-22)18(2)37)30-29(25)35-31(43-30)28-15-23-11-12-24(34)16-27(23)40-28/h11-16,19-22H,3-10H2,1-2H3. The summed E-state index contributed by atoms with van der Waals surface area (Å²) < 4.78 is 32.0. The van der Waals surface area contributed by atoms with Crippen molar-refractivity contribution in [3.8, 4) is 22.3 Å². The molecular weight excluding hydrogens is 573 g/mol. The van der Waals surface area contributed by atoms with Gasteiger partial charge in [-0.2, -0.15) is 0 Å². The van der Waals surface area contributed by atoms with E-state index in [4.69, 9.17) is 18.9 Å². The van der Waals surface area contributed by atoms with Crippen LogP contribution in [-0.4, -0.2) is 28.5 Å². The van der Waals surface area contributed by atoms with E-state index in [0.29, 0.717) is 89.1 Å². The van der Waals surface area contributed by atoms with E-state index >= 15 is 0 Å². The molecule has 2 aromatic heterocycles. The van der Waals surface area contributed by atoms with Gasteiger partial charge in [-0.25, -0.2) is 9.37 Å². The van der Waals surface area contributed by atoms with Crippen molar-refractivity contribution in [1.82, 2.24) is 4.98 Å². The Bertz CT molecular complexity index is 1640. The molecular formula is C33H32FNO7S. The number of fused-ring (bicyclic) bond motifs is 2. The van der Waals surface area contributed by atoms with Gasteiger partial charge >= 0.3 is 11.9 Å². The second-order valence-electron chi connectivity index (χ2n) is 11.7. The van der Waals surface area contributed by atoms with Gasteiger partial charge in [-0.1, -0.05) is 0 Å². The minimum Gasteiger partial charge on any atom is -0.453 e. The lowest BCUT2D eigenvalue weighted by Gasteiger charge is -2.25. The van der Waals surface area contributed by atoms with Crippen LogP contribution >= 0.6 is 11.3 Å². The number of hydrogen-bond acceptors (Lipinski definition) is 9. The van der Waals surface area contributed by atoms with Crippen molar-refractivity contribution in [3.63, 3.8) is 0 Å². The molecule has 10 heteroatoms. The molecule has 0 radical (unpaired) electrons. The summed E-state index contributed by atoms with van der Waals surface area (Å²) in [4.78, 5) is 54.6. The molecule has 4 aromatic rings. The summed E-state index contributed by atoms with van der Waals surface area (Å²) in [6.45, 7) is 3.18. The Labute approximate surface area is 251 Å². The molecule has 2 aromatic carbocycles. The monoisotopic (exact) mass is 605 g/mol. The van der Waals surface area contributed by atoms with Gasteiger partial charge < -0.3 is 13.9 Å².